The van der Waals surface area contributed by atoms with Crippen LogP contribution in [0.4, 0.5) is 5.69 Å². The number of fused-ring (bicyclic) bond motifs is 1. The molecule has 1 saturated heterocycles. The average Bonchev–Trinajstić information content (AvgIpc) is 3.22. The van der Waals surface area contributed by atoms with E-state index in [-0.39, 0.29) is 0 Å². The van der Waals surface area contributed by atoms with Crippen LogP contribution in [-0.4, -0.2) is 39.1 Å². The first kappa shape index (κ1) is 14.2. The molecule has 5 nitrogen and oxygen atoms in total. The van der Waals surface area contributed by atoms with Gasteiger partial charge in [0, 0.05) is 31.0 Å². The van der Waals surface area contributed by atoms with Crippen LogP contribution in [0.1, 0.15) is 12.8 Å². The van der Waals surface area contributed by atoms with E-state index >= 15 is 0 Å². The number of aromatic nitrogens is 3. The zero-order valence-corrected chi connectivity index (χ0v) is 13.2. The second-order valence-electron chi connectivity index (χ2n) is 6.09. The van der Waals surface area contributed by atoms with Crippen LogP contribution in [0, 0.1) is 0 Å². The van der Waals surface area contributed by atoms with Crippen LogP contribution in [0.5, 0.6) is 0 Å². The van der Waals surface area contributed by atoms with Gasteiger partial charge in [-0.15, -0.1) is 0 Å². The van der Waals surface area contributed by atoms with E-state index < -0.39 is 0 Å². The molecule has 5 heteroatoms. The predicted octanol–water partition coefficient (Wildman–Crippen LogP) is 2.78. The third-order valence-corrected chi connectivity index (χ3v) is 4.57. The zero-order valence-electron chi connectivity index (χ0n) is 13.2. The first-order valence-electron chi connectivity index (χ1n) is 8.20. The SMILES string of the molecule is Nc1cccc2c1nc(-c1cccnc1)n2CCN1CCCC1. The molecule has 2 aromatic heterocycles. The van der Waals surface area contributed by atoms with E-state index in [1.54, 1.807) is 6.20 Å². The Bertz CT molecular complexity index is 803. The maximum Gasteiger partial charge on any atom is 0.142 e. The lowest BCUT2D eigenvalue weighted by Crippen LogP contribution is -2.24. The number of anilines is 1. The standard InChI is InChI=1S/C18H21N5/c19-15-6-3-7-16-17(15)21-18(14-5-4-8-20-13-14)23(16)12-11-22-9-1-2-10-22/h3-8,13H,1-2,9-12,19H2. The highest BCUT2D eigenvalue weighted by atomic mass is 15.2. The summed E-state index contributed by atoms with van der Waals surface area (Å²) < 4.78 is 2.28. The number of benzene rings is 1. The number of likely N-dealkylation sites (tertiary alicyclic amines) is 1. The highest BCUT2D eigenvalue weighted by Crippen LogP contribution is 2.27. The Balaban J connectivity index is 1.77. The second-order valence-corrected chi connectivity index (χ2v) is 6.09. The van der Waals surface area contributed by atoms with Gasteiger partial charge in [0.25, 0.3) is 0 Å². The average molecular weight is 307 g/mol. The van der Waals surface area contributed by atoms with Crippen molar-refractivity contribution in [2.24, 2.45) is 0 Å². The molecule has 1 aromatic carbocycles. The van der Waals surface area contributed by atoms with Crippen molar-refractivity contribution in [1.29, 1.82) is 0 Å². The van der Waals surface area contributed by atoms with Crippen molar-refractivity contribution >= 4 is 16.7 Å². The number of imidazole rings is 1. The van der Waals surface area contributed by atoms with E-state index in [9.17, 15) is 0 Å². The minimum Gasteiger partial charge on any atom is -0.397 e. The summed E-state index contributed by atoms with van der Waals surface area (Å²) >= 11 is 0. The van der Waals surface area contributed by atoms with E-state index in [0.717, 1.165) is 41.2 Å². The maximum absolute atomic E-state index is 6.13. The van der Waals surface area contributed by atoms with E-state index in [0.29, 0.717) is 0 Å². The third-order valence-electron chi connectivity index (χ3n) is 4.57. The number of hydrogen-bond acceptors (Lipinski definition) is 4. The highest BCUT2D eigenvalue weighted by Gasteiger charge is 2.16. The number of nitrogen functional groups attached to an aromatic ring is 1. The van der Waals surface area contributed by atoms with Gasteiger partial charge >= 0.3 is 0 Å². The fourth-order valence-corrected chi connectivity index (χ4v) is 3.36. The van der Waals surface area contributed by atoms with Crippen molar-refractivity contribution in [2.75, 3.05) is 25.4 Å². The smallest absolute Gasteiger partial charge is 0.142 e. The molecule has 0 bridgehead atoms. The maximum atomic E-state index is 6.13. The topological polar surface area (TPSA) is 60.0 Å². The molecule has 0 atom stereocenters. The monoisotopic (exact) mass is 307 g/mol. The van der Waals surface area contributed by atoms with Crippen molar-refractivity contribution in [2.45, 2.75) is 19.4 Å². The molecule has 0 radical (unpaired) electrons. The molecule has 1 aliphatic rings. The lowest BCUT2D eigenvalue weighted by atomic mass is 10.2. The Labute approximate surface area is 135 Å². The van der Waals surface area contributed by atoms with E-state index in [4.69, 9.17) is 10.7 Å². The highest BCUT2D eigenvalue weighted by molar-refractivity contribution is 5.90. The first-order valence-corrected chi connectivity index (χ1v) is 8.20. The van der Waals surface area contributed by atoms with Gasteiger partial charge in [-0.05, 0) is 50.2 Å². The Morgan fingerprint density at radius 2 is 1.91 bits per heavy atom. The van der Waals surface area contributed by atoms with Crippen LogP contribution >= 0.6 is 0 Å². The Morgan fingerprint density at radius 1 is 1.04 bits per heavy atom. The Hall–Kier alpha value is -2.40. The summed E-state index contributed by atoms with van der Waals surface area (Å²) in [6.07, 6.45) is 6.28. The lowest BCUT2D eigenvalue weighted by Gasteiger charge is -2.16. The Morgan fingerprint density at radius 3 is 2.70 bits per heavy atom. The van der Waals surface area contributed by atoms with Gasteiger partial charge in [0.05, 0.1) is 11.2 Å². The van der Waals surface area contributed by atoms with Crippen molar-refractivity contribution in [1.82, 2.24) is 19.4 Å². The number of nitrogens with two attached hydrogens (primary N) is 1. The van der Waals surface area contributed by atoms with Crippen molar-refractivity contribution in [3.63, 3.8) is 0 Å². The molecule has 0 unspecified atom stereocenters. The fraction of sp³-hybridized carbons (Fsp3) is 0.333. The molecule has 3 aromatic rings. The molecule has 1 fully saturated rings. The summed E-state index contributed by atoms with van der Waals surface area (Å²) in [6.45, 7) is 4.38. The summed E-state index contributed by atoms with van der Waals surface area (Å²) in [4.78, 5) is 11.6. The number of para-hydroxylation sites is 1. The summed E-state index contributed by atoms with van der Waals surface area (Å²) in [7, 11) is 0. The van der Waals surface area contributed by atoms with Gasteiger partial charge in [-0.25, -0.2) is 4.98 Å². The van der Waals surface area contributed by atoms with Gasteiger partial charge in [0.15, 0.2) is 0 Å². The number of hydrogen-bond donors (Lipinski definition) is 1. The lowest BCUT2D eigenvalue weighted by molar-refractivity contribution is 0.325. The minimum absolute atomic E-state index is 0.729. The van der Waals surface area contributed by atoms with Gasteiger partial charge in [-0.3, -0.25) is 4.98 Å². The molecular weight excluding hydrogens is 286 g/mol. The van der Waals surface area contributed by atoms with Gasteiger partial charge < -0.3 is 15.2 Å². The van der Waals surface area contributed by atoms with Gasteiger partial charge in [-0.2, -0.15) is 0 Å². The first-order chi connectivity index (χ1) is 11.3. The van der Waals surface area contributed by atoms with Gasteiger partial charge in [0.1, 0.15) is 11.3 Å². The number of nitrogens with zero attached hydrogens (tertiary/aromatic N) is 4. The molecule has 23 heavy (non-hydrogen) atoms. The minimum atomic E-state index is 0.729. The van der Waals surface area contributed by atoms with Crippen LogP contribution in [0.3, 0.4) is 0 Å². The molecule has 0 aliphatic carbocycles. The summed E-state index contributed by atoms with van der Waals surface area (Å²) in [6, 6.07) is 10.0. The molecule has 0 saturated carbocycles. The van der Waals surface area contributed by atoms with Gasteiger partial charge in [0.2, 0.25) is 0 Å². The molecule has 2 N–H and O–H groups in total. The summed E-state index contributed by atoms with van der Waals surface area (Å²) in [5.74, 6) is 0.949. The van der Waals surface area contributed by atoms with Crippen LogP contribution in [-0.2, 0) is 6.54 Å². The Kier molecular flexibility index (Phi) is 3.71. The third kappa shape index (κ3) is 2.68. The number of rotatable bonds is 4. The van der Waals surface area contributed by atoms with Crippen LogP contribution in [0.25, 0.3) is 22.4 Å². The van der Waals surface area contributed by atoms with E-state index in [1.165, 1.54) is 25.9 Å². The fourth-order valence-electron chi connectivity index (χ4n) is 3.36. The molecule has 1 aliphatic heterocycles. The van der Waals surface area contributed by atoms with Crippen molar-refractivity contribution in [3.05, 3.63) is 42.7 Å². The van der Waals surface area contributed by atoms with E-state index in [2.05, 4.69) is 26.6 Å². The number of pyridine rings is 1. The van der Waals surface area contributed by atoms with Crippen molar-refractivity contribution in [3.8, 4) is 11.4 Å². The molecule has 3 heterocycles. The zero-order chi connectivity index (χ0) is 15.6. The summed E-state index contributed by atoms with van der Waals surface area (Å²) in [5, 5.41) is 0. The van der Waals surface area contributed by atoms with Crippen molar-refractivity contribution < 1.29 is 0 Å². The van der Waals surface area contributed by atoms with Crippen LogP contribution < -0.4 is 5.73 Å². The van der Waals surface area contributed by atoms with E-state index in [1.807, 2.05) is 24.4 Å². The molecule has 4 rings (SSSR count). The normalized spacial score (nSPS) is 15.5. The quantitative estimate of drug-likeness (QED) is 0.753. The summed E-state index contributed by atoms with van der Waals surface area (Å²) in [5.41, 5.74) is 9.88. The predicted molar refractivity (Wildman–Crippen MR) is 93.1 cm³/mol. The second kappa shape index (κ2) is 6.01. The largest absolute Gasteiger partial charge is 0.397 e. The van der Waals surface area contributed by atoms with Crippen LogP contribution in [0.2, 0.25) is 0 Å². The van der Waals surface area contributed by atoms with Gasteiger partial charge in [-0.1, -0.05) is 6.07 Å². The van der Waals surface area contributed by atoms with Crippen LogP contribution in [0.15, 0.2) is 42.7 Å². The molecule has 0 amide bonds. The molecule has 118 valence electrons. The molecular formula is C18H21N5. The molecule has 0 spiro atoms.